The molecule has 0 fully saturated rings. The van der Waals surface area contributed by atoms with Crippen LogP contribution in [0.4, 0.5) is 4.79 Å². The molecule has 0 spiro atoms. The van der Waals surface area contributed by atoms with Crippen molar-refractivity contribution in [3.8, 4) is 0 Å². The number of para-hydroxylation sites is 1. The van der Waals surface area contributed by atoms with Crippen molar-refractivity contribution in [3.05, 3.63) is 36.3 Å². The second kappa shape index (κ2) is 10.6. The predicted octanol–water partition coefficient (Wildman–Crippen LogP) is 6.06. The summed E-state index contributed by atoms with van der Waals surface area (Å²) in [5.41, 5.74) is 1.53. The molecule has 0 N–H and O–H groups in total. The summed E-state index contributed by atoms with van der Waals surface area (Å²) in [4.78, 5) is 39.9. The fraction of sp³-hybridized carbons (Fsp3) is 0.556. The first-order valence-electron chi connectivity index (χ1n) is 12.4. The highest BCUT2D eigenvalue weighted by Crippen LogP contribution is 2.26. The van der Waals surface area contributed by atoms with Crippen molar-refractivity contribution in [1.82, 2.24) is 19.6 Å². The van der Waals surface area contributed by atoms with Crippen LogP contribution in [-0.2, 0) is 27.3 Å². The van der Waals surface area contributed by atoms with Gasteiger partial charge >= 0.3 is 6.16 Å². The van der Waals surface area contributed by atoms with Gasteiger partial charge in [0, 0.05) is 23.8 Å². The van der Waals surface area contributed by atoms with Gasteiger partial charge in [-0.15, -0.1) is 0 Å². The van der Waals surface area contributed by atoms with Gasteiger partial charge in [0.2, 0.25) is 0 Å². The fourth-order valence-electron chi connectivity index (χ4n) is 3.91. The summed E-state index contributed by atoms with van der Waals surface area (Å²) in [7, 11) is 0. The number of hydrogen-bond acceptors (Lipinski definition) is 6. The molecule has 0 aliphatic carbocycles. The summed E-state index contributed by atoms with van der Waals surface area (Å²) in [6, 6.07) is 8.09. The van der Waals surface area contributed by atoms with Crippen LogP contribution in [0.25, 0.3) is 21.9 Å². The minimum absolute atomic E-state index is 0.264. The van der Waals surface area contributed by atoms with Crippen LogP contribution in [0.3, 0.4) is 0 Å². The van der Waals surface area contributed by atoms with E-state index in [1.54, 1.807) is 41.5 Å². The lowest BCUT2D eigenvalue weighted by Crippen LogP contribution is -2.42. The molecule has 0 saturated heterocycles. The summed E-state index contributed by atoms with van der Waals surface area (Å²) in [5, 5.41) is 2.23. The molecule has 0 bridgehead atoms. The van der Waals surface area contributed by atoms with Crippen molar-refractivity contribution < 1.29 is 19.2 Å². The Kier molecular flexibility index (Phi) is 8.03. The first-order valence-corrected chi connectivity index (χ1v) is 12.4. The molecule has 1 aromatic carbocycles. The first-order chi connectivity index (χ1) is 16.4. The topological polar surface area (TPSA) is 86.6 Å². The second-order valence-corrected chi connectivity index (χ2v) is 10.9. The molecule has 0 aliphatic heterocycles. The Morgan fingerprint density at radius 2 is 1.74 bits per heavy atom. The third kappa shape index (κ3) is 6.71. The Hall–Kier alpha value is -3.16. The van der Waals surface area contributed by atoms with Crippen molar-refractivity contribution in [2.75, 3.05) is 6.54 Å². The Morgan fingerprint density at radius 3 is 2.40 bits per heavy atom. The van der Waals surface area contributed by atoms with E-state index in [2.05, 4.69) is 22.5 Å². The molecule has 2 heterocycles. The molecule has 35 heavy (non-hydrogen) atoms. The number of fused-ring (bicyclic) bond motifs is 3. The molecular formula is C27H38N4O4. The van der Waals surface area contributed by atoms with Gasteiger partial charge in [0.05, 0.1) is 23.8 Å². The van der Waals surface area contributed by atoms with Crippen LogP contribution in [0.2, 0.25) is 0 Å². The zero-order valence-corrected chi connectivity index (χ0v) is 22.1. The third-order valence-corrected chi connectivity index (χ3v) is 5.47. The van der Waals surface area contributed by atoms with Gasteiger partial charge < -0.3 is 14.1 Å². The standard InChI is InChI=1S/C27H38N4O4/c1-8-13-22-29-21-18-28-20-15-10-9-14-19(20)23(21)30(22)16-11-12-17-31(24(32)26(2,3)4)35-25(33)34-27(5,6)7/h9-10,14-15,18H,8,11-13,16-17H2,1-7H3. The number of hydroxylamine groups is 2. The van der Waals surface area contributed by atoms with Crippen molar-refractivity contribution in [2.24, 2.45) is 5.41 Å². The number of pyridine rings is 1. The molecule has 0 radical (unpaired) electrons. The zero-order valence-electron chi connectivity index (χ0n) is 22.1. The fourth-order valence-corrected chi connectivity index (χ4v) is 3.91. The number of nitrogens with zero attached hydrogens (tertiary/aromatic N) is 4. The molecule has 3 aromatic rings. The average molecular weight is 483 g/mol. The van der Waals surface area contributed by atoms with Gasteiger partial charge in [0.25, 0.3) is 5.91 Å². The molecule has 0 aliphatic rings. The number of amides is 1. The highest BCUT2D eigenvalue weighted by atomic mass is 16.8. The van der Waals surface area contributed by atoms with Crippen molar-refractivity contribution in [3.63, 3.8) is 0 Å². The van der Waals surface area contributed by atoms with Gasteiger partial charge in [-0.05, 0) is 46.1 Å². The Morgan fingerprint density at radius 1 is 1.03 bits per heavy atom. The van der Waals surface area contributed by atoms with Crippen molar-refractivity contribution in [1.29, 1.82) is 0 Å². The molecule has 3 rings (SSSR count). The quantitative estimate of drug-likeness (QED) is 0.231. The Labute approximate surface area is 207 Å². The number of hydrogen-bond donors (Lipinski definition) is 0. The summed E-state index contributed by atoms with van der Waals surface area (Å²) >= 11 is 0. The van der Waals surface area contributed by atoms with Crippen molar-refractivity contribution in [2.45, 2.75) is 86.3 Å². The van der Waals surface area contributed by atoms with E-state index in [0.29, 0.717) is 6.42 Å². The number of ether oxygens (including phenoxy) is 1. The number of aromatic nitrogens is 3. The lowest BCUT2D eigenvalue weighted by molar-refractivity contribution is -0.185. The number of carbonyl (C=O) groups is 2. The third-order valence-electron chi connectivity index (χ3n) is 5.47. The van der Waals surface area contributed by atoms with E-state index in [1.165, 1.54) is 0 Å². The minimum Gasteiger partial charge on any atom is -0.427 e. The highest BCUT2D eigenvalue weighted by molar-refractivity contribution is 6.02. The SMILES string of the molecule is CCCc1nc2cnc3ccccc3c2n1CCCCN(OC(=O)OC(C)(C)C)C(=O)C(C)(C)C. The normalized spacial score (nSPS) is 12.2. The number of rotatable bonds is 7. The van der Waals surface area contributed by atoms with Crippen LogP contribution in [0.15, 0.2) is 30.5 Å². The number of unbranched alkanes of at least 4 members (excludes halogenated alkanes) is 1. The van der Waals surface area contributed by atoms with Crippen LogP contribution < -0.4 is 0 Å². The van der Waals surface area contributed by atoms with E-state index < -0.39 is 17.2 Å². The van der Waals surface area contributed by atoms with Crippen LogP contribution in [-0.4, -0.2) is 43.8 Å². The first kappa shape index (κ1) is 26.4. The molecular weight excluding hydrogens is 444 g/mol. The average Bonchev–Trinajstić information content (AvgIpc) is 3.11. The monoisotopic (exact) mass is 482 g/mol. The van der Waals surface area contributed by atoms with E-state index in [4.69, 9.17) is 14.6 Å². The van der Waals surface area contributed by atoms with Gasteiger partial charge in [0.1, 0.15) is 16.9 Å². The van der Waals surface area contributed by atoms with E-state index in [1.807, 2.05) is 24.4 Å². The number of aryl methyl sites for hydroxylation is 2. The smallest absolute Gasteiger partial charge is 0.427 e. The molecule has 0 unspecified atom stereocenters. The Balaban J connectivity index is 1.76. The second-order valence-electron chi connectivity index (χ2n) is 10.9. The van der Waals surface area contributed by atoms with Gasteiger partial charge in [0.15, 0.2) is 0 Å². The maximum absolute atomic E-state index is 12.9. The molecule has 190 valence electrons. The largest absolute Gasteiger partial charge is 0.534 e. The number of imidazole rings is 1. The number of benzene rings is 1. The molecule has 2 aromatic heterocycles. The van der Waals surface area contributed by atoms with Crippen LogP contribution in [0, 0.1) is 5.41 Å². The van der Waals surface area contributed by atoms with E-state index in [-0.39, 0.29) is 12.5 Å². The minimum atomic E-state index is -0.875. The maximum Gasteiger partial charge on any atom is 0.534 e. The summed E-state index contributed by atoms with van der Waals surface area (Å²) < 4.78 is 7.53. The lowest BCUT2D eigenvalue weighted by atomic mass is 9.95. The Bertz CT molecular complexity index is 1190. The number of carbonyl (C=O) groups excluding carboxylic acids is 2. The van der Waals surface area contributed by atoms with Gasteiger partial charge in [-0.2, -0.15) is 5.06 Å². The van der Waals surface area contributed by atoms with Crippen LogP contribution in [0.5, 0.6) is 0 Å². The molecule has 1 amide bonds. The maximum atomic E-state index is 12.9. The van der Waals surface area contributed by atoms with E-state index >= 15 is 0 Å². The lowest BCUT2D eigenvalue weighted by Gasteiger charge is -2.28. The van der Waals surface area contributed by atoms with Gasteiger partial charge in [-0.3, -0.25) is 9.78 Å². The van der Waals surface area contributed by atoms with Gasteiger partial charge in [-0.1, -0.05) is 45.9 Å². The predicted molar refractivity (Wildman–Crippen MR) is 137 cm³/mol. The summed E-state index contributed by atoms with van der Waals surface area (Å²) in [6.45, 7) is 13.8. The highest BCUT2D eigenvalue weighted by Gasteiger charge is 2.31. The molecule has 8 nitrogen and oxygen atoms in total. The van der Waals surface area contributed by atoms with Crippen molar-refractivity contribution >= 4 is 34.0 Å². The van der Waals surface area contributed by atoms with E-state index in [0.717, 1.165) is 58.6 Å². The van der Waals surface area contributed by atoms with E-state index in [9.17, 15) is 9.59 Å². The molecule has 8 heteroatoms. The van der Waals surface area contributed by atoms with Gasteiger partial charge in [-0.25, -0.2) is 9.78 Å². The zero-order chi connectivity index (χ0) is 25.8. The summed E-state index contributed by atoms with van der Waals surface area (Å²) in [5.74, 6) is 0.772. The van der Waals surface area contributed by atoms with Crippen LogP contribution in [0.1, 0.15) is 73.6 Å². The molecule has 0 atom stereocenters. The summed E-state index contributed by atoms with van der Waals surface area (Å²) in [6.07, 6.45) is 4.26. The molecule has 0 saturated carbocycles. The van der Waals surface area contributed by atoms with Crippen LogP contribution >= 0.6 is 0 Å².